The Morgan fingerprint density at radius 2 is 1.70 bits per heavy atom. The predicted molar refractivity (Wildman–Crippen MR) is 147 cm³/mol. The fourth-order valence-corrected chi connectivity index (χ4v) is 5.78. The Balaban J connectivity index is 1.51. The highest BCUT2D eigenvalue weighted by atomic mass is 16.2. The summed E-state index contributed by atoms with van der Waals surface area (Å²) in [4.78, 5) is 18.1. The number of carbonyl (C=O) groups excluding carboxylic acids is 1. The first-order valence-corrected chi connectivity index (χ1v) is 13.2. The molecule has 6 rings (SSSR count). The Morgan fingerprint density at radius 3 is 2.41 bits per heavy atom. The molecule has 37 heavy (non-hydrogen) atoms. The van der Waals surface area contributed by atoms with Crippen LogP contribution in [0.4, 0.5) is 10.5 Å². The number of nitrogens with zero attached hydrogens (tertiary/aromatic N) is 5. The van der Waals surface area contributed by atoms with Gasteiger partial charge in [-0.05, 0) is 61.7 Å². The maximum Gasteiger partial charge on any atom is 0.318 e. The van der Waals surface area contributed by atoms with Gasteiger partial charge in [-0.3, -0.25) is 0 Å². The maximum atomic E-state index is 14.0. The van der Waals surface area contributed by atoms with Gasteiger partial charge in [-0.15, -0.1) is 0 Å². The largest absolute Gasteiger partial charge is 0.378 e. The topological polar surface area (TPSA) is 58.3 Å². The van der Waals surface area contributed by atoms with Crippen molar-refractivity contribution in [1.29, 1.82) is 0 Å². The van der Waals surface area contributed by atoms with Gasteiger partial charge in [0.05, 0.1) is 29.7 Å². The molecule has 190 valence electrons. The molecule has 7 nitrogen and oxygen atoms in total. The lowest BCUT2D eigenvalue weighted by Gasteiger charge is -2.32. The molecule has 0 spiro atoms. The van der Waals surface area contributed by atoms with E-state index in [-0.39, 0.29) is 18.1 Å². The van der Waals surface area contributed by atoms with Crippen LogP contribution < -0.4 is 10.2 Å². The summed E-state index contributed by atoms with van der Waals surface area (Å²) in [7, 11) is 4.09. The van der Waals surface area contributed by atoms with Crippen molar-refractivity contribution in [2.45, 2.75) is 51.2 Å². The third kappa shape index (κ3) is 4.18. The van der Waals surface area contributed by atoms with Crippen LogP contribution in [0.15, 0.2) is 72.9 Å². The van der Waals surface area contributed by atoms with E-state index in [4.69, 9.17) is 5.10 Å². The highest BCUT2D eigenvalue weighted by molar-refractivity contribution is 5.76. The lowest BCUT2D eigenvalue weighted by molar-refractivity contribution is 0.176. The Morgan fingerprint density at radius 1 is 0.973 bits per heavy atom. The molecule has 7 heteroatoms. The predicted octanol–water partition coefficient (Wildman–Crippen LogP) is 5.59. The molecule has 0 bridgehead atoms. The Kier molecular flexibility index (Phi) is 5.99. The molecule has 2 aliphatic rings. The van der Waals surface area contributed by atoms with Gasteiger partial charge >= 0.3 is 6.03 Å². The SMILES string of the molecule is Cc1nn(-c2ccccc2)c2c1CN(C(=O)NC1CCCC1)[C@@H](c1ccc(N(C)C)cc1)c1cccn1-2. The van der Waals surface area contributed by atoms with Crippen molar-refractivity contribution in [3.8, 4) is 11.5 Å². The molecule has 2 aromatic heterocycles. The summed E-state index contributed by atoms with van der Waals surface area (Å²) >= 11 is 0. The minimum absolute atomic E-state index is 0.0129. The number of para-hydroxylation sites is 1. The molecule has 1 aliphatic carbocycles. The van der Waals surface area contributed by atoms with E-state index in [9.17, 15) is 4.79 Å². The number of benzene rings is 2. The maximum absolute atomic E-state index is 14.0. The van der Waals surface area contributed by atoms with Crippen LogP contribution in [0, 0.1) is 6.92 Å². The molecule has 1 saturated carbocycles. The molecule has 0 radical (unpaired) electrons. The van der Waals surface area contributed by atoms with Gasteiger partial charge in [0.2, 0.25) is 0 Å². The van der Waals surface area contributed by atoms with Crippen LogP contribution in [-0.4, -0.2) is 45.4 Å². The Labute approximate surface area is 218 Å². The lowest BCUT2D eigenvalue weighted by atomic mass is 10.0. The summed E-state index contributed by atoms with van der Waals surface area (Å²) in [6, 6.07) is 23.0. The third-order valence-corrected chi connectivity index (χ3v) is 7.76. The van der Waals surface area contributed by atoms with Crippen molar-refractivity contribution in [1.82, 2.24) is 24.6 Å². The zero-order valence-corrected chi connectivity index (χ0v) is 21.8. The van der Waals surface area contributed by atoms with Gasteiger partial charge in [0, 0.05) is 37.6 Å². The van der Waals surface area contributed by atoms with E-state index in [1.807, 2.05) is 48.8 Å². The van der Waals surface area contributed by atoms with Crippen LogP contribution in [0.1, 0.15) is 54.2 Å². The fourth-order valence-electron chi connectivity index (χ4n) is 5.78. The van der Waals surface area contributed by atoms with E-state index in [0.29, 0.717) is 6.54 Å². The number of nitrogens with one attached hydrogen (secondary N) is 1. The Bertz CT molecular complexity index is 1400. The monoisotopic (exact) mass is 494 g/mol. The average molecular weight is 495 g/mol. The molecule has 1 fully saturated rings. The van der Waals surface area contributed by atoms with Crippen LogP contribution in [0.3, 0.4) is 0 Å². The van der Waals surface area contributed by atoms with Crippen LogP contribution in [0.5, 0.6) is 0 Å². The molecule has 0 saturated heterocycles. The van der Waals surface area contributed by atoms with Crippen molar-refractivity contribution in [2.75, 3.05) is 19.0 Å². The van der Waals surface area contributed by atoms with E-state index < -0.39 is 0 Å². The standard InChI is InChI=1S/C30H34N6O/c1-21-26-20-35(30(37)31-23-10-7-8-11-23)28(22-15-17-24(18-16-22)33(2)3)27-14-9-19-34(27)29(26)36(32-21)25-12-5-4-6-13-25/h4-6,9,12-19,23,28H,7-8,10-11,20H2,1-3H3,(H,31,37)/t28-/m0/s1. The van der Waals surface area contributed by atoms with E-state index in [0.717, 1.165) is 52.5 Å². The molecule has 2 aromatic carbocycles. The minimum atomic E-state index is -0.233. The van der Waals surface area contributed by atoms with Gasteiger partial charge < -0.3 is 19.7 Å². The molecule has 1 N–H and O–H groups in total. The molecule has 3 heterocycles. The van der Waals surface area contributed by atoms with Gasteiger partial charge in [0.15, 0.2) is 0 Å². The number of amides is 2. The number of aromatic nitrogens is 3. The van der Waals surface area contributed by atoms with Crippen LogP contribution in [-0.2, 0) is 6.54 Å². The van der Waals surface area contributed by atoms with Crippen LogP contribution >= 0.6 is 0 Å². The van der Waals surface area contributed by atoms with Crippen molar-refractivity contribution < 1.29 is 4.79 Å². The second-order valence-corrected chi connectivity index (χ2v) is 10.4. The first kappa shape index (κ1) is 23.4. The first-order chi connectivity index (χ1) is 18.0. The van der Waals surface area contributed by atoms with Gasteiger partial charge in [-0.25, -0.2) is 9.48 Å². The summed E-state index contributed by atoms with van der Waals surface area (Å²) in [5.41, 5.74) is 6.27. The van der Waals surface area contributed by atoms with Crippen LogP contribution in [0.25, 0.3) is 11.5 Å². The molecule has 1 atom stereocenters. The highest BCUT2D eigenvalue weighted by Crippen LogP contribution is 2.39. The first-order valence-electron chi connectivity index (χ1n) is 13.2. The molecule has 4 aromatic rings. The van der Waals surface area contributed by atoms with Gasteiger partial charge in [0.25, 0.3) is 0 Å². The number of rotatable bonds is 4. The third-order valence-electron chi connectivity index (χ3n) is 7.76. The number of fused-ring (bicyclic) bond motifs is 3. The number of hydrogen-bond acceptors (Lipinski definition) is 3. The smallest absolute Gasteiger partial charge is 0.318 e. The van der Waals surface area contributed by atoms with Crippen molar-refractivity contribution >= 4 is 11.7 Å². The van der Waals surface area contributed by atoms with Crippen LogP contribution in [0.2, 0.25) is 0 Å². The summed E-state index contributed by atoms with van der Waals surface area (Å²) in [5.74, 6) is 0.995. The van der Waals surface area contributed by atoms with Gasteiger partial charge in [0.1, 0.15) is 5.82 Å². The second-order valence-electron chi connectivity index (χ2n) is 10.4. The minimum Gasteiger partial charge on any atom is -0.378 e. The normalized spacial score (nSPS) is 17.3. The summed E-state index contributed by atoms with van der Waals surface area (Å²) in [6.45, 7) is 2.52. The number of anilines is 1. The molecule has 0 unspecified atom stereocenters. The quantitative estimate of drug-likeness (QED) is 0.402. The summed E-state index contributed by atoms with van der Waals surface area (Å²) in [5, 5.41) is 8.30. The second kappa shape index (κ2) is 9.47. The lowest BCUT2D eigenvalue weighted by Crippen LogP contribution is -2.45. The molecular formula is C30H34N6O. The van der Waals surface area contributed by atoms with Gasteiger partial charge in [-0.1, -0.05) is 43.2 Å². The van der Waals surface area contributed by atoms with Crippen molar-refractivity contribution in [3.63, 3.8) is 0 Å². The van der Waals surface area contributed by atoms with E-state index in [1.54, 1.807) is 0 Å². The van der Waals surface area contributed by atoms with E-state index in [2.05, 4.69) is 69.5 Å². The Hall–Kier alpha value is -4.00. The highest BCUT2D eigenvalue weighted by Gasteiger charge is 2.36. The number of aryl methyl sites for hydroxylation is 1. The fraction of sp³-hybridized carbons (Fsp3) is 0.333. The van der Waals surface area contributed by atoms with E-state index >= 15 is 0 Å². The summed E-state index contributed by atoms with van der Waals surface area (Å²) in [6.07, 6.45) is 6.55. The summed E-state index contributed by atoms with van der Waals surface area (Å²) < 4.78 is 4.23. The average Bonchev–Trinajstić information content (AvgIpc) is 3.64. The molecule has 1 aliphatic heterocycles. The molecule has 2 amide bonds. The van der Waals surface area contributed by atoms with E-state index in [1.165, 1.54) is 12.8 Å². The number of hydrogen-bond donors (Lipinski definition) is 1. The van der Waals surface area contributed by atoms with Gasteiger partial charge in [-0.2, -0.15) is 5.10 Å². The number of carbonyl (C=O) groups is 1. The van der Waals surface area contributed by atoms with Crippen molar-refractivity contribution in [3.05, 3.63) is 95.4 Å². The zero-order valence-electron chi connectivity index (χ0n) is 21.8. The molecular weight excluding hydrogens is 460 g/mol. The van der Waals surface area contributed by atoms with Crippen molar-refractivity contribution in [2.24, 2.45) is 0 Å². The zero-order chi connectivity index (χ0) is 25.5. The number of urea groups is 1.